The average molecular weight is 306 g/mol. The number of anilines is 1. The number of primary amides is 1. The molecule has 0 saturated carbocycles. The molecule has 1 aromatic heterocycles. The Hall–Kier alpha value is -2.48. The number of nitrogens with one attached hydrogen (secondary N) is 1. The number of amides is 1. The number of hydrogen-bond donors (Lipinski definition) is 2. The highest BCUT2D eigenvalue weighted by Gasteiger charge is 2.27. The maximum Gasteiger partial charge on any atom is 0.292 e. The summed E-state index contributed by atoms with van der Waals surface area (Å²) in [5.74, 6) is -0.639. The number of nitro benzene ring substituents is 1. The van der Waals surface area contributed by atoms with Crippen LogP contribution in [-0.2, 0) is 5.54 Å². The standard InChI is InChI=1S/C13H14N4O3S/c1-13(2,12-15-5-6-21-12)16-9-7-8(11(14)18)3-4-10(9)17(19)20/h3-7,16H,1-2H3,(H2,14,18). The van der Waals surface area contributed by atoms with Crippen molar-refractivity contribution >= 4 is 28.6 Å². The molecule has 3 N–H and O–H groups in total. The summed E-state index contributed by atoms with van der Waals surface area (Å²) < 4.78 is 0. The fourth-order valence-corrected chi connectivity index (χ4v) is 2.59. The maximum absolute atomic E-state index is 11.2. The van der Waals surface area contributed by atoms with E-state index in [2.05, 4.69) is 10.3 Å². The summed E-state index contributed by atoms with van der Waals surface area (Å²) in [5.41, 5.74) is 4.92. The first kappa shape index (κ1) is 14.9. The normalized spacial score (nSPS) is 11.1. The molecule has 2 aromatic rings. The molecule has 21 heavy (non-hydrogen) atoms. The van der Waals surface area contributed by atoms with Crippen molar-refractivity contribution in [2.24, 2.45) is 5.73 Å². The summed E-state index contributed by atoms with van der Waals surface area (Å²) in [4.78, 5) is 26.1. The largest absolute Gasteiger partial charge is 0.368 e. The van der Waals surface area contributed by atoms with Gasteiger partial charge in [0.05, 0.1) is 10.5 Å². The van der Waals surface area contributed by atoms with Gasteiger partial charge < -0.3 is 11.1 Å². The zero-order valence-corrected chi connectivity index (χ0v) is 12.3. The molecule has 0 aliphatic heterocycles. The summed E-state index contributed by atoms with van der Waals surface area (Å²) in [6, 6.07) is 3.98. The molecule has 0 radical (unpaired) electrons. The molecule has 0 saturated heterocycles. The Morgan fingerprint density at radius 2 is 2.19 bits per heavy atom. The quantitative estimate of drug-likeness (QED) is 0.651. The molecule has 110 valence electrons. The molecule has 7 nitrogen and oxygen atoms in total. The van der Waals surface area contributed by atoms with Crippen LogP contribution in [0.3, 0.4) is 0 Å². The van der Waals surface area contributed by atoms with E-state index in [9.17, 15) is 14.9 Å². The SMILES string of the molecule is CC(C)(Nc1cc(C(N)=O)ccc1[N+](=O)[O-])c1nccs1. The Bertz CT molecular complexity index is 683. The van der Waals surface area contributed by atoms with Crippen LogP contribution in [0.4, 0.5) is 11.4 Å². The Labute approximate surface area is 125 Å². The molecule has 0 bridgehead atoms. The number of thiazole rings is 1. The van der Waals surface area contributed by atoms with E-state index >= 15 is 0 Å². The summed E-state index contributed by atoms with van der Waals surface area (Å²) in [6.45, 7) is 3.71. The van der Waals surface area contributed by atoms with E-state index < -0.39 is 16.4 Å². The number of benzene rings is 1. The highest BCUT2D eigenvalue weighted by atomic mass is 32.1. The van der Waals surface area contributed by atoms with Crippen LogP contribution in [-0.4, -0.2) is 15.8 Å². The van der Waals surface area contributed by atoms with Gasteiger partial charge in [0.15, 0.2) is 0 Å². The number of rotatable bonds is 5. The van der Waals surface area contributed by atoms with Gasteiger partial charge in [-0.2, -0.15) is 0 Å². The Morgan fingerprint density at radius 3 is 2.71 bits per heavy atom. The van der Waals surface area contributed by atoms with Crippen LogP contribution < -0.4 is 11.1 Å². The van der Waals surface area contributed by atoms with E-state index in [0.717, 1.165) is 5.01 Å². The van der Waals surface area contributed by atoms with E-state index in [0.29, 0.717) is 0 Å². The second kappa shape index (κ2) is 5.49. The molecule has 1 heterocycles. The van der Waals surface area contributed by atoms with Gasteiger partial charge in [0.25, 0.3) is 5.69 Å². The van der Waals surface area contributed by atoms with Crippen LogP contribution in [0, 0.1) is 10.1 Å². The Morgan fingerprint density at radius 1 is 1.48 bits per heavy atom. The average Bonchev–Trinajstić information content (AvgIpc) is 2.92. The molecule has 2 rings (SSSR count). The third kappa shape index (κ3) is 3.16. The van der Waals surface area contributed by atoms with E-state index in [-0.39, 0.29) is 16.9 Å². The first-order valence-corrected chi connectivity index (χ1v) is 6.95. The topological polar surface area (TPSA) is 111 Å². The summed E-state index contributed by atoms with van der Waals surface area (Å²) >= 11 is 1.44. The molecule has 0 unspecified atom stereocenters. The van der Waals surface area contributed by atoms with Gasteiger partial charge in [0, 0.05) is 23.2 Å². The maximum atomic E-state index is 11.2. The number of carbonyl (C=O) groups is 1. The van der Waals surface area contributed by atoms with Crippen molar-refractivity contribution in [2.75, 3.05) is 5.32 Å². The first-order valence-electron chi connectivity index (χ1n) is 6.07. The molecule has 0 aliphatic rings. The van der Waals surface area contributed by atoms with Gasteiger partial charge in [0.2, 0.25) is 5.91 Å². The lowest BCUT2D eigenvalue weighted by atomic mass is 10.0. The molecule has 8 heteroatoms. The van der Waals surface area contributed by atoms with Crippen LogP contribution in [0.2, 0.25) is 0 Å². The van der Waals surface area contributed by atoms with Gasteiger partial charge in [-0.05, 0) is 26.0 Å². The molecule has 0 fully saturated rings. The van der Waals surface area contributed by atoms with Crippen LogP contribution in [0.25, 0.3) is 0 Å². The van der Waals surface area contributed by atoms with Crippen LogP contribution in [0.15, 0.2) is 29.8 Å². The zero-order valence-electron chi connectivity index (χ0n) is 11.5. The fourth-order valence-electron chi connectivity index (χ4n) is 1.87. The van der Waals surface area contributed by atoms with E-state index in [1.54, 1.807) is 6.20 Å². The molecular formula is C13H14N4O3S. The highest BCUT2D eigenvalue weighted by molar-refractivity contribution is 7.09. The summed E-state index contributed by atoms with van der Waals surface area (Å²) in [7, 11) is 0. The third-order valence-electron chi connectivity index (χ3n) is 2.89. The van der Waals surface area contributed by atoms with Gasteiger partial charge >= 0.3 is 0 Å². The van der Waals surface area contributed by atoms with Gasteiger partial charge in [-0.25, -0.2) is 4.98 Å². The van der Waals surface area contributed by atoms with Gasteiger partial charge in [-0.1, -0.05) is 0 Å². The van der Waals surface area contributed by atoms with Gasteiger partial charge in [0.1, 0.15) is 10.7 Å². The summed E-state index contributed by atoms with van der Waals surface area (Å²) in [5, 5.41) is 16.8. The first-order chi connectivity index (χ1) is 9.81. The molecule has 1 amide bonds. The predicted octanol–water partition coefficient (Wildman–Crippen LogP) is 2.50. The van der Waals surface area contributed by atoms with Crippen molar-refractivity contribution in [1.29, 1.82) is 0 Å². The van der Waals surface area contributed by atoms with Crippen LogP contribution >= 0.6 is 11.3 Å². The number of aromatic nitrogens is 1. The molecule has 0 atom stereocenters. The van der Waals surface area contributed by atoms with Crippen molar-refractivity contribution in [3.8, 4) is 0 Å². The Kier molecular flexibility index (Phi) is 3.90. The van der Waals surface area contributed by atoms with Gasteiger partial charge in [-0.3, -0.25) is 14.9 Å². The van der Waals surface area contributed by atoms with Gasteiger partial charge in [-0.15, -0.1) is 11.3 Å². The molecule has 1 aromatic carbocycles. The predicted molar refractivity (Wildman–Crippen MR) is 80.4 cm³/mol. The zero-order chi connectivity index (χ0) is 15.6. The van der Waals surface area contributed by atoms with Crippen molar-refractivity contribution in [3.05, 3.63) is 50.5 Å². The number of nitrogens with zero attached hydrogens (tertiary/aromatic N) is 2. The minimum Gasteiger partial charge on any atom is -0.368 e. The highest BCUT2D eigenvalue weighted by Crippen LogP contribution is 2.32. The molecule has 0 aliphatic carbocycles. The van der Waals surface area contributed by atoms with E-state index in [1.165, 1.54) is 29.5 Å². The lowest BCUT2D eigenvalue weighted by Crippen LogP contribution is -2.28. The lowest BCUT2D eigenvalue weighted by Gasteiger charge is -2.25. The van der Waals surface area contributed by atoms with Crippen LogP contribution in [0.1, 0.15) is 29.2 Å². The number of hydrogen-bond acceptors (Lipinski definition) is 6. The number of carbonyl (C=O) groups excluding carboxylic acids is 1. The second-order valence-corrected chi connectivity index (χ2v) is 5.84. The van der Waals surface area contributed by atoms with E-state index in [4.69, 9.17) is 5.73 Å². The molecule has 0 spiro atoms. The van der Waals surface area contributed by atoms with E-state index in [1.807, 2.05) is 19.2 Å². The van der Waals surface area contributed by atoms with Crippen molar-refractivity contribution in [3.63, 3.8) is 0 Å². The number of nitro groups is 1. The second-order valence-electron chi connectivity index (χ2n) is 4.94. The van der Waals surface area contributed by atoms with Crippen LogP contribution in [0.5, 0.6) is 0 Å². The minimum atomic E-state index is -0.639. The molecular weight excluding hydrogens is 292 g/mol. The smallest absolute Gasteiger partial charge is 0.292 e. The Balaban J connectivity index is 2.44. The number of nitrogens with two attached hydrogens (primary N) is 1. The summed E-state index contributed by atoms with van der Waals surface area (Å²) in [6.07, 6.45) is 1.66. The van der Waals surface area contributed by atoms with Crippen molar-refractivity contribution in [1.82, 2.24) is 4.98 Å². The lowest BCUT2D eigenvalue weighted by molar-refractivity contribution is -0.384. The van der Waals surface area contributed by atoms with Crippen molar-refractivity contribution < 1.29 is 9.72 Å². The van der Waals surface area contributed by atoms with Crippen molar-refractivity contribution in [2.45, 2.75) is 19.4 Å². The fraction of sp³-hybridized carbons (Fsp3) is 0.231. The third-order valence-corrected chi connectivity index (χ3v) is 3.99. The monoisotopic (exact) mass is 306 g/mol. The minimum absolute atomic E-state index is 0.121.